The van der Waals surface area contributed by atoms with Gasteiger partial charge in [-0.05, 0) is 12.8 Å². The zero-order chi connectivity index (χ0) is 12.8. The Balaban J connectivity index is 1.78. The summed E-state index contributed by atoms with van der Waals surface area (Å²) in [6.07, 6.45) is 5.16. The van der Waals surface area contributed by atoms with E-state index in [9.17, 15) is 0 Å². The summed E-state index contributed by atoms with van der Waals surface area (Å²) < 4.78 is 5.43. The van der Waals surface area contributed by atoms with Crippen molar-refractivity contribution in [2.45, 2.75) is 44.7 Å². The highest BCUT2D eigenvalue weighted by Gasteiger charge is 2.31. The van der Waals surface area contributed by atoms with E-state index in [0.29, 0.717) is 6.04 Å². The topological polar surface area (TPSA) is 41.7 Å². The first kappa shape index (κ1) is 14.3. The molecule has 2 saturated heterocycles. The summed E-state index contributed by atoms with van der Waals surface area (Å²) >= 11 is 0. The summed E-state index contributed by atoms with van der Waals surface area (Å²) in [7, 11) is 0. The molecule has 18 heavy (non-hydrogen) atoms. The molecule has 0 aromatic carbocycles. The fraction of sp³-hybridized carbons (Fsp3) is 1.00. The van der Waals surface area contributed by atoms with Gasteiger partial charge in [0.15, 0.2) is 0 Å². The van der Waals surface area contributed by atoms with E-state index >= 15 is 0 Å². The summed E-state index contributed by atoms with van der Waals surface area (Å²) in [5.74, 6) is 0. The quantitative estimate of drug-likeness (QED) is 0.766. The van der Waals surface area contributed by atoms with Gasteiger partial charge in [-0.25, -0.2) is 0 Å². The molecule has 0 spiro atoms. The first-order valence-corrected chi connectivity index (χ1v) is 7.61. The molecular weight excluding hydrogens is 226 g/mol. The maximum Gasteiger partial charge on any atom is 0.0594 e. The molecule has 0 amide bonds. The van der Waals surface area contributed by atoms with E-state index in [0.717, 1.165) is 38.9 Å². The van der Waals surface area contributed by atoms with Gasteiger partial charge in [-0.2, -0.15) is 0 Å². The first-order chi connectivity index (χ1) is 8.85. The molecule has 4 heteroatoms. The number of hydrogen-bond donors (Lipinski definition) is 1. The third-order valence-electron chi connectivity index (χ3n) is 4.44. The van der Waals surface area contributed by atoms with E-state index in [1.54, 1.807) is 0 Å². The lowest BCUT2D eigenvalue weighted by molar-refractivity contribution is 0.0176. The van der Waals surface area contributed by atoms with Crippen molar-refractivity contribution in [1.82, 2.24) is 9.80 Å². The highest BCUT2D eigenvalue weighted by molar-refractivity contribution is 4.88. The molecule has 2 atom stereocenters. The van der Waals surface area contributed by atoms with Crippen molar-refractivity contribution >= 4 is 0 Å². The van der Waals surface area contributed by atoms with Gasteiger partial charge >= 0.3 is 0 Å². The predicted octanol–water partition coefficient (Wildman–Crippen LogP) is 0.910. The Morgan fingerprint density at radius 1 is 1.28 bits per heavy atom. The van der Waals surface area contributed by atoms with Crippen LogP contribution >= 0.6 is 0 Å². The van der Waals surface area contributed by atoms with Crippen LogP contribution < -0.4 is 5.73 Å². The van der Waals surface area contributed by atoms with Crippen molar-refractivity contribution in [2.24, 2.45) is 5.73 Å². The van der Waals surface area contributed by atoms with Crippen LogP contribution in [0.15, 0.2) is 0 Å². The number of hydrogen-bond acceptors (Lipinski definition) is 4. The van der Waals surface area contributed by atoms with Gasteiger partial charge in [0.25, 0.3) is 0 Å². The second-order valence-corrected chi connectivity index (χ2v) is 5.62. The van der Waals surface area contributed by atoms with Crippen LogP contribution in [-0.2, 0) is 4.74 Å². The zero-order valence-electron chi connectivity index (χ0n) is 11.8. The normalized spacial score (nSPS) is 28.7. The third kappa shape index (κ3) is 3.67. The Kier molecular flexibility index (Phi) is 5.89. The standard InChI is InChI=1S/C14H29N3O/c1-2-3-4-13(11-15)17-6-5-14(12-17)16-7-9-18-10-8-16/h13-14H,2-12,15H2,1H3. The van der Waals surface area contributed by atoms with Crippen LogP contribution in [0.4, 0.5) is 0 Å². The predicted molar refractivity (Wildman–Crippen MR) is 74.7 cm³/mol. The first-order valence-electron chi connectivity index (χ1n) is 7.61. The minimum Gasteiger partial charge on any atom is -0.379 e. The van der Waals surface area contributed by atoms with E-state index in [2.05, 4.69) is 16.7 Å². The molecule has 0 aromatic heterocycles. The van der Waals surface area contributed by atoms with Gasteiger partial charge in [-0.15, -0.1) is 0 Å². The van der Waals surface area contributed by atoms with Crippen LogP contribution in [0, 0.1) is 0 Å². The monoisotopic (exact) mass is 255 g/mol. The van der Waals surface area contributed by atoms with E-state index in [1.807, 2.05) is 0 Å². The number of nitrogens with two attached hydrogens (primary N) is 1. The molecule has 0 radical (unpaired) electrons. The molecule has 2 aliphatic heterocycles. The Labute approximate surface area is 111 Å². The lowest BCUT2D eigenvalue weighted by Crippen LogP contribution is -2.46. The fourth-order valence-corrected chi connectivity index (χ4v) is 3.23. The maximum atomic E-state index is 5.94. The van der Waals surface area contributed by atoms with Gasteiger partial charge in [-0.1, -0.05) is 19.8 Å². The number of rotatable bonds is 6. The highest BCUT2D eigenvalue weighted by atomic mass is 16.5. The van der Waals surface area contributed by atoms with E-state index in [-0.39, 0.29) is 0 Å². The van der Waals surface area contributed by atoms with E-state index in [4.69, 9.17) is 10.5 Å². The van der Waals surface area contributed by atoms with Crippen molar-refractivity contribution in [3.05, 3.63) is 0 Å². The Hall–Kier alpha value is -0.160. The van der Waals surface area contributed by atoms with Crippen LogP contribution in [-0.4, -0.2) is 67.8 Å². The zero-order valence-corrected chi connectivity index (χ0v) is 11.8. The molecule has 0 saturated carbocycles. The number of likely N-dealkylation sites (tertiary alicyclic amines) is 1. The minimum absolute atomic E-state index is 0.607. The molecule has 0 aliphatic carbocycles. The summed E-state index contributed by atoms with van der Waals surface area (Å²) in [6.45, 7) is 9.56. The van der Waals surface area contributed by atoms with E-state index in [1.165, 1.54) is 38.8 Å². The van der Waals surface area contributed by atoms with Gasteiger partial charge in [0, 0.05) is 44.8 Å². The fourth-order valence-electron chi connectivity index (χ4n) is 3.23. The van der Waals surface area contributed by atoms with E-state index < -0.39 is 0 Å². The minimum atomic E-state index is 0.607. The molecule has 2 fully saturated rings. The van der Waals surface area contributed by atoms with Crippen molar-refractivity contribution in [1.29, 1.82) is 0 Å². The summed E-state index contributed by atoms with van der Waals surface area (Å²) in [6, 6.07) is 1.35. The van der Waals surface area contributed by atoms with Crippen LogP contribution in [0.1, 0.15) is 32.6 Å². The molecule has 0 aromatic rings. The molecule has 2 unspecified atom stereocenters. The van der Waals surface area contributed by atoms with Gasteiger partial charge in [0.1, 0.15) is 0 Å². The van der Waals surface area contributed by atoms with Gasteiger partial charge in [-0.3, -0.25) is 9.80 Å². The van der Waals surface area contributed by atoms with Gasteiger partial charge in [0.05, 0.1) is 13.2 Å². The Morgan fingerprint density at radius 3 is 2.72 bits per heavy atom. The Bertz CT molecular complexity index is 231. The third-order valence-corrected chi connectivity index (χ3v) is 4.44. The SMILES string of the molecule is CCCCC(CN)N1CCC(N2CCOCC2)C1. The molecule has 2 aliphatic rings. The summed E-state index contributed by atoms with van der Waals surface area (Å²) in [4.78, 5) is 5.23. The van der Waals surface area contributed by atoms with Crippen molar-refractivity contribution in [2.75, 3.05) is 45.9 Å². The van der Waals surface area contributed by atoms with Crippen LogP contribution in [0.25, 0.3) is 0 Å². The second kappa shape index (κ2) is 7.43. The van der Waals surface area contributed by atoms with Gasteiger partial charge in [0.2, 0.25) is 0 Å². The van der Waals surface area contributed by atoms with Crippen molar-refractivity contribution in [3.8, 4) is 0 Å². The average molecular weight is 255 g/mol. The number of nitrogens with zero attached hydrogens (tertiary/aromatic N) is 2. The number of ether oxygens (including phenoxy) is 1. The Morgan fingerprint density at radius 2 is 2.06 bits per heavy atom. The smallest absolute Gasteiger partial charge is 0.0594 e. The summed E-state index contributed by atoms with van der Waals surface area (Å²) in [5.41, 5.74) is 5.94. The summed E-state index contributed by atoms with van der Waals surface area (Å²) in [5, 5.41) is 0. The van der Waals surface area contributed by atoms with Crippen LogP contribution in [0.3, 0.4) is 0 Å². The van der Waals surface area contributed by atoms with Crippen molar-refractivity contribution in [3.63, 3.8) is 0 Å². The number of morpholine rings is 1. The second-order valence-electron chi connectivity index (χ2n) is 5.62. The largest absolute Gasteiger partial charge is 0.379 e. The molecule has 0 bridgehead atoms. The maximum absolute atomic E-state index is 5.94. The number of unbranched alkanes of at least 4 members (excludes halogenated alkanes) is 1. The average Bonchev–Trinajstić information content (AvgIpc) is 2.90. The lowest BCUT2D eigenvalue weighted by atomic mass is 10.1. The molecule has 2 N–H and O–H groups in total. The molecule has 2 heterocycles. The lowest BCUT2D eigenvalue weighted by Gasteiger charge is -2.33. The molecule has 106 valence electrons. The molecular formula is C14H29N3O. The highest BCUT2D eigenvalue weighted by Crippen LogP contribution is 2.20. The van der Waals surface area contributed by atoms with Crippen LogP contribution in [0.5, 0.6) is 0 Å². The molecule has 2 rings (SSSR count). The molecule has 4 nitrogen and oxygen atoms in total. The van der Waals surface area contributed by atoms with Crippen LogP contribution in [0.2, 0.25) is 0 Å². The van der Waals surface area contributed by atoms with Gasteiger partial charge < -0.3 is 10.5 Å². The van der Waals surface area contributed by atoms with Crippen molar-refractivity contribution < 1.29 is 4.74 Å².